The second-order valence-electron chi connectivity index (χ2n) is 3.64. The highest BCUT2D eigenvalue weighted by Gasteiger charge is 2.10. The first-order valence-electron chi connectivity index (χ1n) is 4.76. The van der Waals surface area contributed by atoms with Gasteiger partial charge in [-0.3, -0.25) is 0 Å². The molecule has 0 saturated carbocycles. The van der Waals surface area contributed by atoms with Crippen LogP contribution in [-0.2, 0) is 6.54 Å². The standard InChI is InChI=1S/C11H14BrNO2/c1-7(2)13-6-8-3-4-9(12)5-10(8)11(14)15/h3-5,7,13H,6H2,1-2H3,(H,14,15). The summed E-state index contributed by atoms with van der Waals surface area (Å²) in [5.41, 5.74) is 1.15. The Balaban J connectivity index is 2.91. The molecule has 0 radical (unpaired) electrons. The molecule has 0 saturated heterocycles. The summed E-state index contributed by atoms with van der Waals surface area (Å²) in [5.74, 6) is -0.892. The summed E-state index contributed by atoms with van der Waals surface area (Å²) >= 11 is 3.26. The van der Waals surface area contributed by atoms with Crippen LogP contribution in [0, 0.1) is 0 Å². The van der Waals surface area contributed by atoms with Crippen molar-refractivity contribution < 1.29 is 9.90 Å². The van der Waals surface area contributed by atoms with Crippen LogP contribution in [0.3, 0.4) is 0 Å². The minimum absolute atomic E-state index is 0.343. The summed E-state index contributed by atoms with van der Waals surface area (Å²) in [6.07, 6.45) is 0. The van der Waals surface area contributed by atoms with Crippen LogP contribution >= 0.6 is 15.9 Å². The van der Waals surface area contributed by atoms with Crippen molar-refractivity contribution in [2.24, 2.45) is 0 Å². The van der Waals surface area contributed by atoms with Crippen LogP contribution in [0.25, 0.3) is 0 Å². The molecule has 0 aliphatic heterocycles. The first-order valence-corrected chi connectivity index (χ1v) is 5.55. The normalized spacial score (nSPS) is 10.7. The van der Waals surface area contributed by atoms with Gasteiger partial charge in [-0.15, -0.1) is 0 Å². The van der Waals surface area contributed by atoms with Crippen LogP contribution < -0.4 is 5.32 Å². The van der Waals surface area contributed by atoms with Gasteiger partial charge in [0.05, 0.1) is 5.56 Å². The van der Waals surface area contributed by atoms with E-state index in [-0.39, 0.29) is 0 Å². The van der Waals surface area contributed by atoms with Crippen molar-refractivity contribution >= 4 is 21.9 Å². The highest BCUT2D eigenvalue weighted by Crippen LogP contribution is 2.16. The summed E-state index contributed by atoms with van der Waals surface area (Å²) < 4.78 is 0.785. The molecule has 1 aromatic rings. The van der Waals surface area contributed by atoms with E-state index >= 15 is 0 Å². The Bertz CT molecular complexity index is 364. The lowest BCUT2D eigenvalue weighted by molar-refractivity contribution is 0.0695. The van der Waals surface area contributed by atoms with Gasteiger partial charge in [0, 0.05) is 17.1 Å². The monoisotopic (exact) mass is 271 g/mol. The number of rotatable bonds is 4. The van der Waals surface area contributed by atoms with E-state index in [2.05, 4.69) is 21.2 Å². The topological polar surface area (TPSA) is 49.3 Å². The molecule has 0 unspecified atom stereocenters. The molecular formula is C11H14BrNO2. The van der Waals surface area contributed by atoms with E-state index in [9.17, 15) is 4.79 Å². The number of carboxylic acids is 1. The van der Waals surface area contributed by atoms with Crippen LogP contribution in [0.15, 0.2) is 22.7 Å². The molecule has 0 bridgehead atoms. The number of hydrogen-bond acceptors (Lipinski definition) is 2. The van der Waals surface area contributed by atoms with E-state index in [1.165, 1.54) is 0 Å². The molecule has 0 aromatic heterocycles. The molecule has 0 amide bonds. The zero-order valence-corrected chi connectivity index (χ0v) is 10.3. The van der Waals surface area contributed by atoms with E-state index in [4.69, 9.17) is 5.11 Å². The molecule has 15 heavy (non-hydrogen) atoms. The van der Waals surface area contributed by atoms with Gasteiger partial charge in [-0.1, -0.05) is 35.8 Å². The van der Waals surface area contributed by atoms with Gasteiger partial charge >= 0.3 is 5.97 Å². The summed E-state index contributed by atoms with van der Waals surface area (Å²) in [6, 6.07) is 5.64. The minimum Gasteiger partial charge on any atom is -0.478 e. The predicted molar refractivity (Wildman–Crippen MR) is 63.1 cm³/mol. The van der Waals surface area contributed by atoms with E-state index in [0.29, 0.717) is 18.2 Å². The van der Waals surface area contributed by atoms with Crippen LogP contribution in [0.1, 0.15) is 29.8 Å². The molecule has 0 atom stereocenters. The van der Waals surface area contributed by atoms with Gasteiger partial charge in [0.2, 0.25) is 0 Å². The highest BCUT2D eigenvalue weighted by molar-refractivity contribution is 9.10. The first kappa shape index (κ1) is 12.2. The van der Waals surface area contributed by atoms with Crippen molar-refractivity contribution in [2.75, 3.05) is 0 Å². The van der Waals surface area contributed by atoms with Crippen LogP contribution in [-0.4, -0.2) is 17.1 Å². The van der Waals surface area contributed by atoms with Gasteiger partial charge in [-0.05, 0) is 17.7 Å². The molecule has 1 rings (SSSR count). The molecule has 0 heterocycles. The van der Waals surface area contributed by atoms with Gasteiger partial charge in [0.15, 0.2) is 0 Å². The first-order chi connectivity index (χ1) is 7.00. The minimum atomic E-state index is -0.892. The Labute approximate surface area is 97.6 Å². The Morgan fingerprint density at radius 2 is 2.20 bits per heavy atom. The predicted octanol–water partition coefficient (Wildman–Crippen LogP) is 2.65. The second kappa shape index (κ2) is 5.28. The quantitative estimate of drug-likeness (QED) is 0.885. The number of benzene rings is 1. The van der Waals surface area contributed by atoms with Crippen molar-refractivity contribution in [1.29, 1.82) is 0 Å². The average Bonchev–Trinajstić information content (AvgIpc) is 2.15. The molecule has 0 fully saturated rings. The van der Waals surface area contributed by atoms with Crippen LogP contribution in [0.5, 0.6) is 0 Å². The fraction of sp³-hybridized carbons (Fsp3) is 0.364. The van der Waals surface area contributed by atoms with Gasteiger partial charge in [-0.2, -0.15) is 0 Å². The van der Waals surface area contributed by atoms with E-state index < -0.39 is 5.97 Å². The fourth-order valence-electron chi connectivity index (χ4n) is 1.22. The van der Waals surface area contributed by atoms with E-state index in [1.54, 1.807) is 6.07 Å². The molecule has 0 spiro atoms. The number of halogens is 1. The molecule has 3 nitrogen and oxygen atoms in total. The van der Waals surface area contributed by atoms with E-state index in [1.807, 2.05) is 26.0 Å². The highest BCUT2D eigenvalue weighted by atomic mass is 79.9. The van der Waals surface area contributed by atoms with E-state index in [0.717, 1.165) is 10.0 Å². The number of nitrogens with one attached hydrogen (secondary N) is 1. The average molecular weight is 272 g/mol. The molecule has 2 N–H and O–H groups in total. The maximum absolute atomic E-state index is 11.0. The van der Waals surface area contributed by atoms with Crippen LogP contribution in [0.4, 0.5) is 0 Å². The molecule has 82 valence electrons. The van der Waals surface area contributed by atoms with Crippen LogP contribution in [0.2, 0.25) is 0 Å². The smallest absolute Gasteiger partial charge is 0.336 e. The molecule has 1 aromatic carbocycles. The second-order valence-corrected chi connectivity index (χ2v) is 4.56. The molecular weight excluding hydrogens is 258 g/mol. The van der Waals surface area contributed by atoms with Crippen molar-refractivity contribution in [1.82, 2.24) is 5.32 Å². The summed E-state index contributed by atoms with van der Waals surface area (Å²) in [5, 5.41) is 12.2. The number of aromatic carboxylic acids is 1. The van der Waals surface area contributed by atoms with Gasteiger partial charge in [0.25, 0.3) is 0 Å². The third-order valence-electron chi connectivity index (χ3n) is 2.00. The summed E-state index contributed by atoms with van der Waals surface area (Å²) in [4.78, 5) is 11.0. The maximum atomic E-state index is 11.0. The van der Waals surface area contributed by atoms with Crippen molar-refractivity contribution in [2.45, 2.75) is 26.4 Å². The maximum Gasteiger partial charge on any atom is 0.336 e. The molecule has 0 aliphatic rings. The molecule has 0 aliphatic carbocycles. The Morgan fingerprint density at radius 1 is 1.53 bits per heavy atom. The lowest BCUT2D eigenvalue weighted by atomic mass is 10.1. The third-order valence-corrected chi connectivity index (χ3v) is 2.50. The summed E-state index contributed by atoms with van der Waals surface area (Å²) in [6.45, 7) is 4.63. The SMILES string of the molecule is CC(C)NCc1ccc(Br)cc1C(=O)O. The fourth-order valence-corrected chi connectivity index (χ4v) is 1.58. The van der Waals surface area contributed by atoms with Crippen molar-refractivity contribution in [3.05, 3.63) is 33.8 Å². The lowest BCUT2D eigenvalue weighted by Gasteiger charge is -2.10. The molecule has 4 heteroatoms. The third kappa shape index (κ3) is 3.64. The largest absolute Gasteiger partial charge is 0.478 e. The van der Waals surface area contributed by atoms with Crippen molar-refractivity contribution in [3.63, 3.8) is 0 Å². The zero-order valence-electron chi connectivity index (χ0n) is 8.75. The Kier molecular flexibility index (Phi) is 4.29. The summed E-state index contributed by atoms with van der Waals surface area (Å²) in [7, 11) is 0. The van der Waals surface area contributed by atoms with Gasteiger partial charge in [0.1, 0.15) is 0 Å². The Morgan fingerprint density at radius 3 is 2.73 bits per heavy atom. The lowest BCUT2D eigenvalue weighted by Crippen LogP contribution is -2.23. The number of hydrogen-bond donors (Lipinski definition) is 2. The van der Waals surface area contributed by atoms with Crippen molar-refractivity contribution in [3.8, 4) is 0 Å². The Hall–Kier alpha value is -0.870. The zero-order chi connectivity index (χ0) is 11.4. The van der Waals surface area contributed by atoms with Gasteiger partial charge in [-0.25, -0.2) is 4.79 Å². The van der Waals surface area contributed by atoms with Gasteiger partial charge < -0.3 is 10.4 Å². The number of carbonyl (C=O) groups is 1. The number of carboxylic acid groups (broad SMARTS) is 1.